The molecule has 0 spiro atoms. The van der Waals surface area contributed by atoms with E-state index in [0.717, 1.165) is 11.3 Å². The van der Waals surface area contributed by atoms with Crippen molar-refractivity contribution >= 4 is 15.7 Å². The summed E-state index contributed by atoms with van der Waals surface area (Å²) in [5, 5.41) is 0. The fourth-order valence-electron chi connectivity index (χ4n) is 2.69. The highest BCUT2D eigenvalue weighted by atomic mass is 32.2. The predicted octanol–water partition coefficient (Wildman–Crippen LogP) is 1.42. The number of fused-ring (bicyclic) bond motifs is 1. The van der Waals surface area contributed by atoms with Crippen molar-refractivity contribution in [3.63, 3.8) is 0 Å². The van der Waals surface area contributed by atoms with Crippen LogP contribution in [0.5, 0.6) is 0 Å². The maximum Gasteiger partial charge on any atom is 0.242 e. The number of nitrogens with one attached hydrogen (secondary N) is 1. The Balaban J connectivity index is 1.81. The molecule has 0 fully saturated rings. The van der Waals surface area contributed by atoms with Gasteiger partial charge in [-0.25, -0.2) is 13.1 Å². The smallest absolute Gasteiger partial charge is 0.242 e. The third-order valence-electron chi connectivity index (χ3n) is 3.63. The number of aromatic nitrogens is 1. The van der Waals surface area contributed by atoms with Crippen molar-refractivity contribution in [1.29, 1.82) is 0 Å². The lowest BCUT2D eigenvalue weighted by Gasteiger charge is -2.33. The highest BCUT2D eigenvalue weighted by Gasteiger charge is 2.26. The van der Waals surface area contributed by atoms with Gasteiger partial charge in [-0.1, -0.05) is 18.2 Å². The lowest BCUT2D eigenvalue weighted by atomic mass is 9.99. The molecule has 0 saturated carbocycles. The molecule has 5 nitrogen and oxygen atoms in total. The van der Waals surface area contributed by atoms with E-state index in [-0.39, 0.29) is 10.9 Å². The fraction of sp³-hybridized carbons (Fsp3) is 0.267. The third-order valence-corrected chi connectivity index (χ3v) is 5.14. The van der Waals surface area contributed by atoms with Gasteiger partial charge in [0.05, 0.1) is 0 Å². The molecule has 0 saturated heterocycles. The Morgan fingerprint density at radius 1 is 1.24 bits per heavy atom. The summed E-state index contributed by atoms with van der Waals surface area (Å²) in [7, 11) is -1.55. The Hall–Kier alpha value is -1.92. The Morgan fingerprint density at radius 3 is 2.81 bits per heavy atom. The van der Waals surface area contributed by atoms with Gasteiger partial charge in [-0.05, 0) is 30.2 Å². The van der Waals surface area contributed by atoms with E-state index in [1.54, 1.807) is 18.3 Å². The second-order valence-corrected chi connectivity index (χ2v) is 6.93. The van der Waals surface area contributed by atoms with Crippen molar-refractivity contribution in [2.45, 2.75) is 17.4 Å². The summed E-state index contributed by atoms with van der Waals surface area (Å²) in [6.07, 6.45) is 3.62. The number of pyridine rings is 1. The zero-order valence-corrected chi connectivity index (χ0v) is 12.5. The van der Waals surface area contributed by atoms with Crippen LogP contribution in [0.25, 0.3) is 0 Å². The van der Waals surface area contributed by atoms with Crippen LogP contribution in [0.3, 0.4) is 0 Å². The second kappa shape index (κ2) is 5.46. The molecule has 0 amide bonds. The molecule has 1 aromatic heterocycles. The number of benzene rings is 1. The Kier molecular flexibility index (Phi) is 3.65. The van der Waals surface area contributed by atoms with E-state index in [0.29, 0.717) is 13.0 Å². The van der Waals surface area contributed by atoms with Gasteiger partial charge in [0.2, 0.25) is 10.0 Å². The van der Waals surface area contributed by atoms with Crippen LogP contribution in [0.1, 0.15) is 5.56 Å². The first-order valence-electron chi connectivity index (χ1n) is 6.78. The number of para-hydroxylation sites is 1. The van der Waals surface area contributed by atoms with Crippen LogP contribution in [0.15, 0.2) is 53.7 Å². The summed E-state index contributed by atoms with van der Waals surface area (Å²) in [6.45, 7) is 0.649. The van der Waals surface area contributed by atoms with Crippen LogP contribution < -0.4 is 9.62 Å². The third kappa shape index (κ3) is 2.91. The maximum absolute atomic E-state index is 12.3. The van der Waals surface area contributed by atoms with Crippen molar-refractivity contribution in [2.24, 2.45) is 0 Å². The predicted molar refractivity (Wildman–Crippen MR) is 81.8 cm³/mol. The lowest BCUT2D eigenvalue weighted by molar-refractivity contribution is 0.534. The Morgan fingerprint density at radius 2 is 2.05 bits per heavy atom. The molecule has 1 unspecified atom stereocenters. The molecule has 1 aliphatic heterocycles. The van der Waals surface area contributed by atoms with Gasteiger partial charge in [0, 0.05) is 37.7 Å². The van der Waals surface area contributed by atoms with Crippen LogP contribution in [0.2, 0.25) is 0 Å². The van der Waals surface area contributed by atoms with E-state index in [4.69, 9.17) is 0 Å². The van der Waals surface area contributed by atoms with E-state index in [1.165, 1.54) is 6.20 Å². The van der Waals surface area contributed by atoms with Crippen molar-refractivity contribution in [3.05, 3.63) is 54.4 Å². The molecule has 0 bridgehead atoms. The van der Waals surface area contributed by atoms with Crippen molar-refractivity contribution in [2.75, 3.05) is 18.5 Å². The van der Waals surface area contributed by atoms with Crippen molar-refractivity contribution in [1.82, 2.24) is 9.71 Å². The molecule has 1 atom stereocenters. The van der Waals surface area contributed by atoms with E-state index in [9.17, 15) is 8.42 Å². The molecule has 21 heavy (non-hydrogen) atoms. The number of anilines is 1. The summed E-state index contributed by atoms with van der Waals surface area (Å²) in [5.41, 5.74) is 2.32. The average molecular weight is 303 g/mol. The molecule has 0 aliphatic carbocycles. The number of nitrogens with zero attached hydrogens (tertiary/aromatic N) is 2. The zero-order chi connectivity index (χ0) is 14.9. The average Bonchev–Trinajstić information content (AvgIpc) is 2.48. The van der Waals surface area contributed by atoms with Crippen LogP contribution in [-0.4, -0.2) is 33.0 Å². The number of hydrogen-bond acceptors (Lipinski definition) is 4. The van der Waals surface area contributed by atoms with E-state index < -0.39 is 10.0 Å². The molecule has 2 aromatic rings. The maximum atomic E-state index is 12.3. The van der Waals surface area contributed by atoms with Gasteiger partial charge in [-0.15, -0.1) is 0 Å². The minimum Gasteiger partial charge on any atom is -0.373 e. The number of sulfonamides is 1. The summed E-state index contributed by atoms with van der Waals surface area (Å²) in [4.78, 5) is 6.14. The SMILES string of the molecule is CN1CC(NS(=O)(=O)c2cccnc2)Cc2ccccc21. The first-order valence-corrected chi connectivity index (χ1v) is 8.26. The van der Waals surface area contributed by atoms with Crippen LogP contribution in [0.4, 0.5) is 5.69 Å². The van der Waals surface area contributed by atoms with Crippen molar-refractivity contribution < 1.29 is 8.42 Å². The largest absolute Gasteiger partial charge is 0.373 e. The number of likely N-dealkylation sites (N-methyl/N-ethyl adjacent to an activating group) is 1. The summed E-state index contributed by atoms with van der Waals surface area (Å²) in [5.74, 6) is 0. The van der Waals surface area contributed by atoms with Gasteiger partial charge >= 0.3 is 0 Å². The van der Waals surface area contributed by atoms with Gasteiger partial charge < -0.3 is 4.90 Å². The highest BCUT2D eigenvalue weighted by Crippen LogP contribution is 2.26. The molecule has 3 rings (SSSR count). The molecule has 6 heteroatoms. The molecular weight excluding hydrogens is 286 g/mol. The number of rotatable bonds is 3. The monoisotopic (exact) mass is 303 g/mol. The molecule has 110 valence electrons. The van der Waals surface area contributed by atoms with Crippen LogP contribution in [-0.2, 0) is 16.4 Å². The van der Waals surface area contributed by atoms with E-state index in [1.807, 2.05) is 25.2 Å². The summed E-state index contributed by atoms with van der Waals surface area (Å²) < 4.78 is 27.5. The van der Waals surface area contributed by atoms with Crippen LogP contribution >= 0.6 is 0 Å². The zero-order valence-electron chi connectivity index (χ0n) is 11.7. The quantitative estimate of drug-likeness (QED) is 0.931. The first kappa shape index (κ1) is 14.0. The minimum atomic E-state index is -3.53. The standard InChI is InChI=1S/C15H17N3O2S/c1-18-11-13(9-12-5-2-3-7-15(12)18)17-21(19,20)14-6-4-8-16-10-14/h2-8,10,13,17H,9,11H2,1H3. The Labute approximate surface area is 124 Å². The van der Waals surface area contributed by atoms with E-state index >= 15 is 0 Å². The number of hydrogen-bond donors (Lipinski definition) is 1. The summed E-state index contributed by atoms with van der Waals surface area (Å²) in [6, 6.07) is 11.1. The molecule has 1 aromatic carbocycles. The van der Waals surface area contributed by atoms with E-state index in [2.05, 4.69) is 20.7 Å². The molecule has 0 radical (unpaired) electrons. The molecule has 1 aliphatic rings. The van der Waals surface area contributed by atoms with Gasteiger partial charge in [0.25, 0.3) is 0 Å². The van der Waals surface area contributed by atoms with Gasteiger partial charge in [-0.3, -0.25) is 4.98 Å². The molecule has 2 heterocycles. The lowest BCUT2D eigenvalue weighted by Crippen LogP contribution is -2.47. The van der Waals surface area contributed by atoms with Gasteiger partial charge in [0.1, 0.15) is 4.90 Å². The topological polar surface area (TPSA) is 62.3 Å². The Bertz CT molecular complexity index is 732. The molecular formula is C15H17N3O2S. The van der Waals surface area contributed by atoms with Crippen LogP contribution in [0, 0.1) is 0 Å². The van der Waals surface area contributed by atoms with Gasteiger partial charge in [-0.2, -0.15) is 0 Å². The van der Waals surface area contributed by atoms with Crippen molar-refractivity contribution in [3.8, 4) is 0 Å². The molecule has 1 N–H and O–H groups in total. The van der Waals surface area contributed by atoms with Gasteiger partial charge in [0.15, 0.2) is 0 Å². The second-order valence-electron chi connectivity index (χ2n) is 5.22. The fourth-order valence-corrected chi connectivity index (χ4v) is 3.88. The normalized spacial score (nSPS) is 18.3. The summed E-state index contributed by atoms with van der Waals surface area (Å²) >= 11 is 0. The minimum absolute atomic E-state index is 0.143. The first-order chi connectivity index (χ1) is 10.1. The highest BCUT2D eigenvalue weighted by molar-refractivity contribution is 7.89.